The third-order valence-corrected chi connectivity index (χ3v) is 3.42. The van der Waals surface area contributed by atoms with Crippen LogP contribution in [-0.2, 0) is 9.59 Å². The summed E-state index contributed by atoms with van der Waals surface area (Å²) in [6.07, 6.45) is 4.09. The van der Waals surface area contributed by atoms with Gasteiger partial charge in [0.2, 0.25) is 5.91 Å². The Balaban J connectivity index is 2.60. The number of amides is 1. The van der Waals surface area contributed by atoms with Crippen molar-refractivity contribution >= 4 is 11.9 Å². The van der Waals surface area contributed by atoms with Crippen molar-refractivity contribution in [3.8, 4) is 0 Å². The minimum Gasteiger partial charge on any atom is -0.481 e. The lowest BCUT2D eigenvalue weighted by Crippen LogP contribution is -2.42. The van der Waals surface area contributed by atoms with Crippen molar-refractivity contribution in [2.45, 2.75) is 52.0 Å². The Hall–Kier alpha value is -1.06. The largest absolute Gasteiger partial charge is 0.481 e. The highest BCUT2D eigenvalue weighted by atomic mass is 16.4. The smallest absolute Gasteiger partial charge is 0.307 e. The average Bonchev–Trinajstić information content (AvgIpc) is 2.28. The molecule has 0 aromatic rings. The monoisotopic (exact) mass is 227 g/mol. The van der Waals surface area contributed by atoms with Crippen LogP contribution in [0.5, 0.6) is 0 Å². The number of nitrogens with one attached hydrogen (secondary N) is 1. The lowest BCUT2D eigenvalue weighted by Gasteiger charge is -2.28. The summed E-state index contributed by atoms with van der Waals surface area (Å²) in [5.74, 6) is -1.73. The zero-order valence-electron chi connectivity index (χ0n) is 10.0. The molecule has 3 atom stereocenters. The summed E-state index contributed by atoms with van der Waals surface area (Å²) in [4.78, 5) is 23.0. The Morgan fingerprint density at radius 3 is 2.38 bits per heavy atom. The van der Waals surface area contributed by atoms with E-state index in [1.54, 1.807) is 0 Å². The summed E-state index contributed by atoms with van der Waals surface area (Å²) < 4.78 is 0. The fourth-order valence-electron chi connectivity index (χ4n) is 2.19. The Morgan fingerprint density at radius 1 is 1.31 bits per heavy atom. The van der Waals surface area contributed by atoms with Gasteiger partial charge in [-0.2, -0.15) is 0 Å². The van der Waals surface area contributed by atoms with Gasteiger partial charge >= 0.3 is 5.97 Å². The maximum atomic E-state index is 11.9. The second-order valence-corrected chi connectivity index (χ2v) is 4.65. The van der Waals surface area contributed by atoms with Crippen molar-refractivity contribution < 1.29 is 14.7 Å². The van der Waals surface area contributed by atoms with Gasteiger partial charge in [0.05, 0.1) is 11.8 Å². The van der Waals surface area contributed by atoms with Crippen LogP contribution in [0.15, 0.2) is 0 Å². The minimum atomic E-state index is -0.830. The second kappa shape index (κ2) is 5.87. The molecule has 1 rings (SSSR count). The van der Waals surface area contributed by atoms with Crippen molar-refractivity contribution in [2.24, 2.45) is 11.8 Å². The Bertz CT molecular complexity index is 265. The zero-order valence-corrected chi connectivity index (χ0v) is 10.0. The normalized spacial score (nSPS) is 27.1. The lowest BCUT2D eigenvalue weighted by atomic mass is 9.78. The summed E-state index contributed by atoms with van der Waals surface area (Å²) in [5, 5.41) is 12.0. The van der Waals surface area contributed by atoms with Crippen LogP contribution in [-0.4, -0.2) is 23.0 Å². The summed E-state index contributed by atoms with van der Waals surface area (Å²) in [5.41, 5.74) is 0. The van der Waals surface area contributed by atoms with Crippen LogP contribution < -0.4 is 5.32 Å². The fraction of sp³-hybridized carbons (Fsp3) is 0.833. The number of hydrogen-bond donors (Lipinski definition) is 2. The van der Waals surface area contributed by atoms with Gasteiger partial charge in [0, 0.05) is 6.04 Å². The van der Waals surface area contributed by atoms with E-state index in [-0.39, 0.29) is 17.9 Å². The number of carboxylic acids is 1. The third kappa shape index (κ3) is 3.22. The van der Waals surface area contributed by atoms with E-state index in [4.69, 9.17) is 5.11 Å². The van der Waals surface area contributed by atoms with E-state index in [2.05, 4.69) is 5.32 Å². The van der Waals surface area contributed by atoms with Crippen molar-refractivity contribution in [3.05, 3.63) is 0 Å². The van der Waals surface area contributed by atoms with Crippen molar-refractivity contribution in [1.29, 1.82) is 0 Å². The molecule has 2 N–H and O–H groups in total. The highest BCUT2D eigenvalue weighted by molar-refractivity contribution is 5.85. The molecule has 92 valence electrons. The predicted molar refractivity (Wildman–Crippen MR) is 61.0 cm³/mol. The Kier molecular flexibility index (Phi) is 4.77. The van der Waals surface area contributed by atoms with Crippen LogP contribution in [0.1, 0.15) is 46.0 Å². The standard InChI is InChI=1S/C12H21NO3/c1-3-8(2)13-11(14)9-6-4-5-7-10(9)12(15)16/h8-10H,3-7H2,1-2H3,(H,13,14)(H,15,16)/t8-,9-,10+/m0/s1. The van der Waals surface area contributed by atoms with Gasteiger partial charge in [-0.25, -0.2) is 0 Å². The van der Waals surface area contributed by atoms with E-state index in [0.717, 1.165) is 19.3 Å². The SMILES string of the molecule is CC[C@H](C)NC(=O)[C@H]1CCCC[C@H]1C(=O)O. The van der Waals surface area contributed by atoms with E-state index in [9.17, 15) is 9.59 Å². The molecule has 0 unspecified atom stereocenters. The van der Waals surface area contributed by atoms with Gasteiger partial charge in [0.25, 0.3) is 0 Å². The molecule has 16 heavy (non-hydrogen) atoms. The van der Waals surface area contributed by atoms with Gasteiger partial charge in [0.1, 0.15) is 0 Å². The van der Waals surface area contributed by atoms with Crippen LogP contribution in [0.2, 0.25) is 0 Å². The van der Waals surface area contributed by atoms with E-state index in [1.165, 1.54) is 0 Å². The number of carbonyl (C=O) groups excluding carboxylic acids is 1. The summed E-state index contributed by atoms with van der Waals surface area (Å²) in [6, 6.07) is 0.129. The predicted octanol–water partition coefficient (Wildman–Crippen LogP) is 1.79. The van der Waals surface area contributed by atoms with Gasteiger partial charge in [-0.05, 0) is 26.2 Å². The molecular formula is C12H21NO3. The van der Waals surface area contributed by atoms with Crippen molar-refractivity contribution in [2.75, 3.05) is 0 Å². The zero-order chi connectivity index (χ0) is 12.1. The molecule has 0 saturated heterocycles. The highest BCUT2D eigenvalue weighted by Crippen LogP contribution is 2.30. The third-order valence-electron chi connectivity index (χ3n) is 3.42. The molecule has 1 fully saturated rings. The summed E-state index contributed by atoms with van der Waals surface area (Å²) in [6.45, 7) is 3.94. The molecule has 0 radical (unpaired) electrons. The van der Waals surface area contributed by atoms with Crippen LogP contribution in [0, 0.1) is 11.8 Å². The summed E-state index contributed by atoms with van der Waals surface area (Å²) in [7, 11) is 0. The maximum absolute atomic E-state index is 11.9. The first-order chi connectivity index (χ1) is 7.56. The van der Waals surface area contributed by atoms with Crippen molar-refractivity contribution in [3.63, 3.8) is 0 Å². The van der Waals surface area contributed by atoms with Crippen molar-refractivity contribution in [1.82, 2.24) is 5.32 Å². The molecule has 1 saturated carbocycles. The number of aliphatic carboxylic acids is 1. The van der Waals surface area contributed by atoms with Gasteiger partial charge in [-0.1, -0.05) is 19.8 Å². The van der Waals surface area contributed by atoms with E-state index >= 15 is 0 Å². The van der Waals surface area contributed by atoms with Crippen LogP contribution >= 0.6 is 0 Å². The van der Waals surface area contributed by atoms with Gasteiger partial charge in [-0.3, -0.25) is 9.59 Å². The molecule has 1 amide bonds. The van der Waals surface area contributed by atoms with Gasteiger partial charge < -0.3 is 10.4 Å². The van der Waals surface area contributed by atoms with Crippen LogP contribution in [0.4, 0.5) is 0 Å². The topological polar surface area (TPSA) is 66.4 Å². The average molecular weight is 227 g/mol. The first kappa shape index (κ1) is 13.0. The molecule has 0 spiro atoms. The molecule has 1 aliphatic rings. The minimum absolute atomic E-state index is 0.0820. The maximum Gasteiger partial charge on any atom is 0.307 e. The number of carboxylic acid groups (broad SMARTS) is 1. The molecule has 0 aromatic heterocycles. The quantitative estimate of drug-likeness (QED) is 0.769. The number of rotatable bonds is 4. The molecule has 0 bridgehead atoms. The number of carbonyl (C=O) groups is 2. The van der Waals surface area contributed by atoms with E-state index in [0.29, 0.717) is 12.8 Å². The fourth-order valence-corrected chi connectivity index (χ4v) is 2.19. The lowest BCUT2D eigenvalue weighted by molar-refractivity contribution is -0.149. The van der Waals surface area contributed by atoms with E-state index < -0.39 is 11.9 Å². The van der Waals surface area contributed by atoms with Gasteiger partial charge in [0.15, 0.2) is 0 Å². The number of hydrogen-bond acceptors (Lipinski definition) is 2. The summed E-state index contributed by atoms with van der Waals surface area (Å²) >= 11 is 0. The Morgan fingerprint density at radius 2 is 1.88 bits per heavy atom. The first-order valence-corrected chi connectivity index (χ1v) is 6.09. The second-order valence-electron chi connectivity index (χ2n) is 4.65. The highest BCUT2D eigenvalue weighted by Gasteiger charge is 2.35. The Labute approximate surface area is 96.4 Å². The molecule has 0 aliphatic heterocycles. The molecular weight excluding hydrogens is 206 g/mol. The first-order valence-electron chi connectivity index (χ1n) is 6.09. The van der Waals surface area contributed by atoms with Gasteiger partial charge in [-0.15, -0.1) is 0 Å². The molecule has 0 aromatic carbocycles. The van der Waals surface area contributed by atoms with E-state index in [1.807, 2.05) is 13.8 Å². The molecule has 0 heterocycles. The molecule has 4 nitrogen and oxygen atoms in total. The molecule has 4 heteroatoms. The van der Waals surface area contributed by atoms with Crippen LogP contribution in [0.3, 0.4) is 0 Å². The van der Waals surface area contributed by atoms with Crippen LogP contribution in [0.25, 0.3) is 0 Å². The molecule has 1 aliphatic carbocycles.